The highest BCUT2D eigenvalue weighted by Crippen LogP contribution is 2.18. The van der Waals surface area contributed by atoms with E-state index in [4.69, 9.17) is 4.98 Å². The molecule has 2 amide bonds. The van der Waals surface area contributed by atoms with Crippen LogP contribution in [0.4, 0.5) is 0 Å². The van der Waals surface area contributed by atoms with Crippen molar-refractivity contribution in [2.24, 2.45) is 0 Å². The molecule has 0 radical (unpaired) electrons. The predicted octanol–water partition coefficient (Wildman–Crippen LogP) is 3.33. The van der Waals surface area contributed by atoms with Gasteiger partial charge in [0, 0.05) is 31.6 Å². The summed E-state index contributed by atoms with van der Waals surface area (Å²) < 4.78 is 2.01. The number of piperidine rings is 1. The quantitative estimate of drug-likeness (QED) is 0.685. The number of hydrogen-bond donors (Lipinski definition) is 1. The molecule has 0 unspecified atom stereocenters. The van der Waals surface area contributed by atoms with Gasteiger partial charge < -0.3 is 14.8 Å². The van der Waals surface area contributed by atoms with E-state index >= 15 is 0 Å². The van der Waals surface area contributed by atoms with Gasteiger partial charge in [-0.25, -0.2) is 4.98 Å². The molecule has 1 saturated heterocycles. The van der Waals surface area contributed by atoms with Crippen molar-refractivity contribution in [1.82, 2.24) is 19.8 Å². The Kier molecular flexibility index (Phi) is 6.12. The highest BCUT2D eigenvalue weighted by molar-refractivity contribution is 5.95. The highest BCUT2D eigenvalue weighted by Gasteiger charge is 2.20. The number of para-hydroxylation sites is 2. The Labute approximate surface area is 176 Å². The Morgan fingerprint density at radius 1 is 1.00 bits per heavy atom. The van der Waals surface area contributed by atoms with Crippen LogP contribution in [0.2, 0.25) is 0 Å². The summed E-state index contributed by atoms with van der Waals surface area (Å²) in [6, 6.07) is 15.4. The maximum atomic E-state index is 12.9. The minimum atomic E-state index is -0.0832. The van der Waals surface area contributed by atoms with E-state index < -0.39 is 0 Å². The number of aromatic nitrogens is 2. The average molecular weight is 405 g/mol. The van der Waals surface area contributed by atoms with E-state index in [1.54, 1.807) is 0 Å². The number of nitrogens with one attached hydrogen (secondary N) is 1. The lowest BCUT2D eigenvalue weighted by molar-refractivity contribution is -0.132. The summed E-state index contributed by atoms with van der Waals surface area (Å²) in [6.45, 7) is 4.37. The molecule has 0 atom stereocenters. The summed E-state index contributed by atoms with van der Waals surface area (Å²) in [5.41, 5.74) is 3.48. The Balaban J connectivity index is 1.48. The number of amides is 2. The van der Waals surface area contributed by atoms with Crippen LogP contribution in [0, 0.1) is 6.92 Å². The molecule has 6 heteroatoms. The third-order valence-electron chi connectivity index (χ3n) is 5.76. The first kappa shape index (κ1) is 20.1. The molecule has 1 aromatic heterocycles. The summed E-state index contributed by atoms with van der Waals surface area (Å²) in [5.74, 6) is 0.884. The molecule has 0 aliphatic carbocycles. The first-order valence-electron chi connectivity index (χ1n) is 10.7. The van der Waals surface area contributed by atoms with Gasteiger partial charge >= 0.3 is 0 Å². The predicted molar refractivity (Wildman–Crippen MR) is 117 cm³/mol. The van der Waals surface area contributed by atoms with Gasteiger partial charge in [0.25, 0.3) is 5.91 Å². The zero-order chi connectivity index (χ0) is 20.9. The molecule has 3 aromatic rings. The molecule has 30 heavy (non-hydrogen) atoms. The summed E-state index contributed by atoms with van der Waals surface area (Å²) in [5, 5.41) is 2.99. The Morgan fingerprint density at radius 3 is 2.53 bits per heavy atom. The Bertz CT molecular complexity index is 1050. The maximum Gasteiger partial charge on any atom is 0.251 e. The molecule has 6 nitrogen and oxygen atoms in total. The van der Waals surface area contributed by atoms with Crippen molar-refractivity contribution in [2.75, 3.05) is 19.6 Å². The van der Waals surface area contributed by atoms with Gasteiger partial charge in [-0.3, -0.25) is 9.59 Å². The lowest BCUT2D eigenvalue weighted by Crippen LogP contribution is -2.38. The number of benzene rings is 2. The molecule has 0 spiro atoms. The second-order valence-electron chi connectivity index (χ2n) is 7.87. The number of rotatable bonds is 6. The number of likely N-dealkylation sites (tertiary alicyclic amines) is 1. The molecule has 1 aliphatic heterocycles. The normalized spacial score (nSPS) is 14.1. The van der Waals surface area contributed by atoms with Gasteiger partial charge in [-0.2, -0.15) is 0 Å². The summed E-state index contributed by atoms with van der Waals surface area (Å²) in [7, 11) is 0. The van der Waals surface area contributed by atoms with Crippen LogP contribution in [0.1, 0.15) is 41.0 Å². The van der Waals surface area contributed by atoms with Gasteiger partial charge in [-0.15, -0.1) is 0 Å². The third kappa shape index (κ3) is 4.37. The first-order chi connectivity index (χ1) is 14.6. The zero-order valence-electron chi connectivity index (χ0n) is 17.4. The number of hydrogen-bond acceptors (Lipinski definition) is 3. The molecule has 0 saturated carbocycles. The molecule has 1 N–H and O–H groups in total. The van der Waals surface area contributed by atoms with Crippen molar-refractivity contribution < 1.29 is 9.59 Å². The number of carbonyl (C=O) groups is 2. The molecular weight excluding hydrogens is 376 g/mol. The molecule has 2 aromatic carbocycles. The minimum absolute atomic E-state index is 0.0832. The van der Waals surface area contributed by atoms with Gasteiger partial charge in [0.2, 0.25) is 5.91 Å². The van der Waals surface area contributed by atoms with Crippen LogP contribution in [0.5, 0.6) is 0 Å². The number of nitrogens with zero attached hydrogens (tertiary/aromatic N) is 3. The molecule has 0 bridgehead atoms. The molecular formula is C24H28N4O2. The smallest absolute Gasteiger partial charge is 0.251 e. The van der Waals surface area contributed by atoms with Crippen molar-refractivity contribution in [3.8, 4) is 0 Å². The van der Waals surface area contributed by atoms with E-state index in [2.05, 4.69) is 5.32 Å². The van der Waals surface area contributed by atoms with Crippen molar-refractivity contribution in [2.45, 2.75) is 39.2 Å². The van der Waals surface area contributed by atoms with E-state index in [-0.39, 0.29) is 11.8 Å². The molecule has 1 aliphatic rings. The van der Waals surface area contributed by atoms with Crippen LogP contribution in [0.15, 0.2) is 48.5 Å². The minimum Gasteiger partial charge on any atom is -0.352 e. The van der Waals surface area contributed by atoms with E-state index in [1.165, 1.54) is 6.42 Å². The number of imidazole rings is 1. The molecule has 4 rings (SSSR count). The first-order valence-corrected chi connectivity index (χ1v) is 10.7. The number of fused-ring (bicyclic) bond motifs is 1. The van der Waals surface area contributed by atoms with Gasteiger partial charge in [-0.05, 0) is 49.9 Å². The number of aryl methyl sites for hydroxylation is 1. The van der Waals surface area contributed by atoms with Gasteiger partial charge in [0.05, 0.1) is 11.0 Å². The van der Waals surface area contributed by atoms with Crippen molar-refractivity contribution in [3.05, 3.63) is 65.5 Å². The number of carbonyl (C=O) groups excluding carboxylic acids is 2. The van der Waals surface area contributed by atoms with E-state index in [0.29, 0.717) is 25.1 Å². The second-order valence-corrected chi connectivity index (χ2v) is 7.87. The van der Waals surface area contributed by atoms with E-state index in [9.17, 15) is 9.59 Å². The third-order valence-corrected chi connectivity index (χ3v) is 5.76. The molecule has 2 heterocycles. The van der Waals surface area contributed by atoms with Crippen molar-refractivity contribution in [1.29, 1.82) is 0 Å². The monoisotopic (exact) mass is 404 g/mol. The summed E-state index contributed by atoms with van der Waals surface area (Å²) in [4.78, 5) is 32.1. The largest absolute Gasteiger partial charge is 0.352 e. The maximum absolute atomic E-state index is 12.9. The Hall–Kier alpha value is -3.15. The SMILES string of the molecule is Cc1ccccc1C(=O)NCCc1nc2ccccc2n1CC(=O)N1CCCCC1. The lowest BCUT2D eigenvalue weighted by Gasteiger charge is -2.27. The molecule has 156 valence electrons. The van der Waals surface area contributed by atoms with E-state index in [0.717, 1.165) is 48.4 Å². The standard InChI is InChI=1S/C24H28N4O2/c1-18-9-3-4-10-19(18)24(30)25-14-13-22-26-20-11-5-6-12-21(20)28(22)17-23(29)27-15-7-2-8-16-27/h3-6,9-12H,2,7-8,13-17H2,1H3,(H,25,30). The van der Waals surface area contributed by atoms with Crippen LogP contribution < -0.4 is 5.32 Å². The van der Waals surface area contributed by atoms with Crippen LogP contribution in [0.25, 0.3) is 11.0 Å². The summed E-state index contributed by atoms with van der Waals surface area (Å²) in [6.07, 6.45) is 3.92. The van der Waals surface area contributed by atoms with Crippen molar-refractivity contribution in [3.63, 3.8) is 0 Å². The zero-order valence-corrected chi connectivity index (χ0v) is 17.4. The fraction of sp³-hybridized carbons (Fsp3) is 0.375. The summed E-state index contributed by atoms with van der Waals surface area (Å²) >= 11 is 0. The van der Waals surface area contributed by atoms with Crippen LogP contribution in [-0.2, 0) is 17.8 Å². The topological polar surface area (TPSA) is 67.2 Å². The van der Waals surface area contributed by atoms with Gasteiger partial charge in [0.1, 0.15) is 12.4 Å². The van der Waals surface area contributed by atoms with Crippen LogP contribution in [-0.4, -0.2) is 45.9 Å². The lowest BCUT2D eigenvalue weighted by atomic mass is 10.1. The fourth-order valence-corrected chi connectivity index (χ4v) is 4.08. The second kappa shape index (κ2) is 9.11. The average Bonchev–Trinajstić information content (AvgIpc) is 3.12. The van der Waals surface area contributed by atoms with Crippen LogP contribution >= 0.6 is 0 Å². The highest BCUT2D eigenvalue weighted by atomic mass is 16.2. The van der Waals surface area contributed by atoms with E-state index in [1.807, 2.05) is 64.9 Å². The van der Waals surface area contributed by atoms with Crippen LogP contribution in [0.3, 0.4) is 0 Å². The Morgan fingerprint density at radius 2 is 1.73 bits per heavy atom. The molecule has 1 fully saturated rings. The van der Waals surface area contributed by atoms with Crippen molar-refractivity contribution >= 4 is 22.8 Å². The fourth-order valence-electron chi connectivity index (χ4n) is 4.08. The van der Waals surface area contributed by atoms with Gasteiger partial charge in [-0.1, -0.05) is 30.3 Å². The van der Waals surface area contributed by atoms with Gasteiger partial charge in [0.15, 0.2) is 0 Å².